The zero-order chi connectivity index (χ0) is 21.1. The molecule has 0 unspecified atom stereocenters. The lowest BCUT2D eigenvalue weighted by Gasteiger charge is -2.09. The molecule has 0 saturated heterocycles. The van der Waals surface area contributed by atoms with E-state index in [0.29, 0.717) is 11.8 Å². The van der Waals surface area contributed by atoms with Gasteiger partial charge in [0.25, 0.3) is 5.91 Å². The molecule has 1 N–H and O–H groups in total. The highest BCUT2D eigenvalue weighted by Gasteiger charge is 2.18. The number of esters is 1. The van der Waals surface area contributed by atoms with Gasteiger partial charge < -0.3 is 19.2 Å². The molecule has 0 bridgehead atoms. The summed E-state index contributed by atoms with van der Waals surface area (Å²) in [6.45, 7) is -1.00. The average molecular weight is 415 g/mol. The van der Waals surface area contributed by atoms with E-state index in [4.69, 9.17) is 13.9 Å². The molecule has 0 atom stereocenters. The number of ether oxygens (including phenoxy) is 2. The van der Waals surface area contributed by atoms with Crippen molar-refractivity contribution >= 4 is 28.5 Å². The van der Waals surface area contributed by atoms with Gasteiger partial charge in [-0.3, -0.25) is 4.79 Å². The normalized spacial score (nSPS) is 13.0. The van der Waals surface area contributed by atoms with Gasteiger partial charge in [0.2, 0.25) is 0 Å². The van der Waals surface area contributed by atoms with Crippen LogP contribution in [0.3, 0.4) is 0 Å². The van der Waals surface area contributed by atoms with Gasteiger partial charge in [-0.05, 0) is 49.6 Å². The van der Waals surface area contributed by atoms with Gasteiger partial charge in [0.1, 0.15) is 28.7 Å². The highest BCUT2D eigenvalue weighted by molar-refractivity contribution is 5.93. The minimum Gasteiger partial charge on any atom is -0.482 e. The Bertz CT molecular complexity index is 1110. The van der Waals surface area contributed by atoms with Crippen molar-refractivity contribution in [1.82, 2.24) is 0 Å². The minimum absolute atomic E-state index is 0.203. The van der Waals surface area contributed by atoms with Crippen molar-refractivity contribution in [3.05, 3.63) is 59.4 Å². The van der Waals surface area contributed by atoms with Crippen LogP contribution in [0.1, 0.15) is 24.2 Å². The molecule has 1 aliphatic carbocycles. The number of hydrogen-bond acceptors (Lipinski definition) is 5. The Morgan fingerprint density at radius 2 is 1.87 bits per heavy atom. The van der Waals surface area contributed by atoms with E-state index in [0.717, 1.165) is 54.5 Å². The van der Waals surface area contributed by atoms with Gasteiger partial charge in [0, 0.05) is 23.4 Å². The van der Waals surface area contributed by atoms with Crippen LogP contribution >= 0.6 is 0 Å². The summed E-state index contributed by atoms with van der Waals surface area (Å²) in [5.74, 6) is -1.68. The number of carbonyl (C=O) groups excluding carboxylic acids is 2. The number of hydrogen-bond donors (Lipinski definition) is 1. The van der Waals surface area contributed by atoms with Crippen molar-refractivity contribution < 1.29 is 32.3 Å². The van der Waals surface area contributed by atoms with Crippen molar-refractivity contribution in [2.24, 2.45) is 0 Å². The number of anilines is 1. The summed E-state index contributed by atoms with van der Waals surface area (Å²) in [7, 11) is 0. The van der Waals surface area contributed by atoms with Gasteiger partial charge in [-0.2, -0.15) is 0 Å². The maximum Gasteiger partial charge on any atom is 0.344 e. The molecule has 6 nitrogen and oxygen atoms in total. The third-order valence-electron chi connectivity index (χ3n) is 4.85. The van der Waals surface area contributed by atoms with E-state index < -0.39 is 30.1 Å². The molecule has 1 aliphatic rings. The molecule has 3 aromatic rings. The van der Waals surface area contributed by atoms with E-state index in [-0.39, 0.29) is 12.3 Å². The van der Waals surface area contributed by atoms with Crippen molar-refractivity contribution in [2.75, 3.05) is 18.5 Å². The predicted octanol–water partition coefficient (Wildman–Crippen LogP) is 4.15. The summed E-state index contributed by atoms with van der Waals surface area (Å²) < 4.78 is 42.6. The molecule has 0 fully saturated rings. The van der Waals surface area contributed by atoms with Crippen LogP contribution in [0.2, 0.25) is 0 Å². The van der Waals surface area contributed by atoms with E-state index in [1.165, 1.54) is 5.56 Å². The quantitative estimate of drug-likeness (QED) is 0.612. The van der Waals surface area contributed by atoms with Crippen molar-refractivity contribution in [3.63, 3.8) is 0 Å². The summed E-state index contributed by atoms with van der Waals surface area (Å²) in [6.07, 6.45) is 4.11. The molecular weight excluding hydrogens is 396 g/mol. The van der Waals surface area contributed by atoms with Crippen LogP contribution < -0.4 is 10.1 Å². The van der Waals surface area contributed by atoms with Crippen LogP contribution in [0.25, 0.3) is 11.0 Å². The van der Waals surface area contributed by atoms with Gasteiger partial charge in [-0.25, -0.2) is 13.6 Å². The Labute approximate surface area is 170 Å². The smallest absolute Gasteiger partial charge is 0.344 e. The lowest BCUT2D eigenvalue weighted by atomic mass is 9.96. The monoisotopic (exact) mass is 415 g/mol. The van der Waals surface area contributed by atoms with Gasteiger partial charge >= 0.3 is 5.97 Å². The molecule has 30 heavy (non-hydrogen) atoms. The first-order valence-electron chi connectivity index (χ1n) is 9.57. The molecule has 2 aromatic carbocycles. The lowest BCUT2D eigenvalue weighted by Crippen LogP contribution is -2.24. The first-order valence-corrected chi connectivity index (χ1v) is 9.57. The predicted molar refractivity (Wildman–Crippen MR) is 104 cm³/mol. The number of amides is 1. The maximum absolute atomic E-state index is 13.5. The zero-order valence-corrected chi connectivity index (χ0v) is 16.0. The largest absolute Gasteiger partial charge is 0.482 e. The van der Waals surface area contributed by atoms with Crippen LogP contribution in [-0.4, -0.2) is 25.1 Å². The van der Waals surface area contributed by atoms with E-state index in [1.54, 1.807) is 12.1 Å². The van der Waals surface area contributed by atoms with Crippen LogP contribution in [0.4, 0.5) is 14.5 Å². The van der Waals surface area contributed by atoms with E-state index in [1.807, 2.05) is 6.07 Å². The number of furan rings is 1. The molecule has 0 saturated carbocycles. The van der Waals surface area contributed by atoms with Gasteiger partial charge in [0.05, 0.1) is 5.69 Å². The van der Waals surface area contributed by atoms with Gasteiger partial charge in [-0.1, -0.05) is 0 Å². The molecular formula is C22H19F2NO5. The number of benzene rings is 2. The second-order valence-corrected chi connectivity index (χ2v) is 6.99. The number of halogens is 2. The minimum atomic E-state index is -0.921. The fourth-order valence-corrected chi connectivity index (χ4v) is 3.44. The number of nitrogens with one attached hydrogen (secondary N) is 1. The topological polar surface area (TPSA) is 77.8 Å². The third-order valence-corrected chi connectivity index (χ3v) is 4.85. The summed E-state index contributed by atoms with van der Waals surface area (Å²) >= 11 is 0. The van der Waals surface area contributed by atoms with Crippen LogP contribution in [0, 0.1) is 11.6 Å². The molecule has 0 spiro atoms. The highest BCUT2D eigenvalue weighted by atomic mass is 19.1. The van der Waals surface area contributed by atoms with E-state index in [9.17, 15) is 18.4 Å². The molecule has 1 aromatic heterocycles. The molecule has 1 amide bonds. The molecule has 8 heteroatoms. The summed E-state index contributed by atoms with van der Waals surface area (Å²) in [4.78, 5) is 23.6. The molecule has 156 valence electrons. The average Bonchev–Trinajstić information content (AvgIpc) is 3.11. The Balaban J connectivity index is 1.29. The number of rotatable bonds is 6. The Morgan fingerprint density at radius 3 is 2.70 bits per heavy atom. The van der Waals surface area contributed by atoms with Crippen LogP contribution in [0.15, 0.2) is 40.8 Å². The highest BCUT2D eigenvalue weighted by Crippen LogP contribution is 2.33. The van der Waals surface area contributed by atoms with Gasteiger partial charge in [0.15, 0.2) is 13.2 Å². The number of carbonyl (C=O) groups is 2. The maximum atomic E-state index is 13.5. The van der Waals surface area contributed by atoms with Crippen LogP contribution in [-0.2, 0) is 27.2 Å². The Morgan fingerprint density at radius 1 is 1.03 bits per heavy atom. The summed E-state index contributed by atoms with van der Waals surface area (Å²) in [6, 6.07) is 8.07. The van der Waals surface area contributed by atoms with Crippen molar-refractivity contribution in [1.29, 1.82) is 0 Å². The second kappa shape index (κ2) is 8.52. The molecule has 1 heterocycles. The molecule has 0 radical (unpaired) electrons. The van der Waals surface area contributed by atoms with E-state index in [2.05, 4.69) is 5.32 Å². The van der Waals surface area contributed by atoms with Crippen molar-refractivity contribution in [3.8, 4) is 5.75 Å². The number of fused-ring (bicyclic) bond motifs is 3. The lowest BCUT2D eigenvalue weighted by molar-refractivity contribution is -0.149. The molecule has 4 rings (SSSR count). The summed E-state index contributed by atoms with van der Waals surface area (Å²) in [5, 5.41) is 3.19. The first kappa shape index (κ1) is 19.9. The van der Waals surface area contributed by atoms with Crippen molar-refractivity contribution in [2.45, 2.75) is 25.7 Å². The fourth-order valence-electron chi connectivity index (χ4n) is 3.44. The SMILES string of the molecule is O=C(COC(=O)COc1ccc2oc3c(c2c1)CCCC3)Nc1ccc(F)cc1F. The standard InChI is InChI=1S/C22H19F2NO5/c23-13-5-7-18(17(24)9-13)25-21(26)11-29-22(27)12-28-14-6-8-20-16(10-14)15-3-1-2-4-19(15)30-20/h5-10H,1-4,11-12H2,(H,25,26). The van der Waals surface area contributed by atoms with Gasteiger partial charge in [-0.15, -0.1) is 0 Å². The fraction of sp³-hybridized carbons (Fsp3) is 0.273. The van der Waals surface area contributed by atoms with Crippen LogP contribution in [0.5, 0.6) is 5.75 Å². The van der Waals surface area contributed by atoms with E-state index >= 15 is 0 Å². The summed E-state index contributed by atoms with van der Waals surface area (Å²) in [5.41, 5.74) is 1.78. The molecule has 0 aliphatic heterocycles. The Kier molecular flexibility index (Phi) is 5.65. The second-order valence-electron chi connectivity index (χ2n) is 6.99. The first-order chi connectivity index (χ1) is 14.5. The Hall–Kier alpha value is -3.42. The third kappa shape index (κ3) is 4.42. The zero-order valence-electron chi connectivity index (χ0n) is 16.0. The number of aryl methyl sites for hydroxylation is 2.